The maximum atomic E-state index is 12.6. The lowest BCUT2D eigenvalue weighted by atomic mass is 10.1. The van der Waals surface area contributed by atoms with Crippen molar-refractivity contribution in [3.8, 4) is 0 Å². The molecule has 3 aromatic rings. The van der Waals surface area contributed by atoms with Crippen LogP contribution >= 0.6 is 0 Å². The van der Waals surface area contributed by atoms with Gasteiger partial charge in [-0.2, -0.15) is 0 Å². The Balaban J connectivity index is 1.27. The fourth-order valence-electron chi connectivity index (χ4n) is 3.75. The molecule has 0 aliphatic carbocycles. The molecule has 3 heterocycles. The van der Waals surface area contributed by atoms with Gasteiger partial charge in [-0.3, -0.25) is 14.4 Å². The number of nitrogens with zero attached hydrogens (tertiary/aromatic N) is 4. The quantitative estimate of drug-likeness (QED) is 0.635. The number of anilines is 3. The molecule has 1 N–H and O–H groups in total. The normalized spacial score (nSPS) is 15.6. The van der Waals surface area contributed by atoms with Crippen molar-refractivity contribution in [2.75, 3.05) is 41.4 Å². The van der Waals surface area contributed by atoms with E-state index in [9.17, 15) is 14.4 Å². The minimum absolute atomic E-state index is 0.0762. The van der Waals surface area contributed by atoms with Gasteiger partial charge in [-0.15, -0.1) is 0 Å². The minimum atomic E-state index is -0.509. The Morgan fingerprint density at radius 1 is 0.906 bits per heavy atom. The summed E-state index contributed by atoms with van der Waals surface area (Å²) in [4.78, 5) is 48.7. The van der Waals surface area contributed by atoms with Crippen LogP contribution in [0.4, 0.5) is 17.1 Å². The van der Waals surface area contributed by atoms with Crippen molar-refractivity contribution < 1.29 is 19.1 Å². The average Bonchev–Trinajstić information content (AvgIpc) is 3.10. The largest absolute Gasteiger partial charge is 0.378 e. The van der Waals surface area contributed by atoms with Crippen LogP contribution in [0.5, 0.6) is 0 Å². The lowest BCUT2D eigenvalue weighted by molar-refractivity contribution is 0.0923. The first-order chi connectivity index (χ1) is 15.6. The molecule has 0 bridgehead atoms. The van der Waals surface area contributed by atoms with E-state index in [1.54, 1.807) is 24.3 Å². The Morgan fingerprint density at radius 2 is 1.59 bits per heavy atom. The Morgan fingerprint density at radius 3 is 2.28 bits per heavy atom. The van der Waals surface area contributed by atoms with Gasteiger partial charge in [-0.1, -0.05) is 0 Å². The van der Waals surface area contributed by atoms with E-state index in [0.29, 0.717) is 30.2 Å². The van der Waals surface area contributed by atoms with E-state index >= 15 is 0 Å². The molecule has 0 spiro atoms. The fourth-order valence-corrected chi connectivity index (χ4v) is 3.75. The number of carbonyl (C=O) groups excluding carboxylic acids is 3. The van der Waals surface area contributed by atoms with Crippen LogP contribution < -0.4 is 15.1 Å². The first-order valence-corrected chi connectivity index (χ1v) is 10.1. The van der Waals surface area contributed by atoms with Crippen LogP contribution in [0.2, 0.25) is 0 Å². The summed E-state index contributed by atoms with van der Waals surface area (Å²) < 4.78 is 5.37. The molecule has 9 nitrogen and oxygen atoms in total. The molecule has 2 aliphatic heterocycles. The highest BCUT2D eigenvalue weighted by molar-refractivity contribution is 6.33. The van der Waals surface area contributed by atoms with E-state index in [0.717, 1.165) is 23.7 Å². The second kappa shape index (κ2) is 8.20. The van der Waals surface area contributed by atoms with Gasteiger partial charge in [0.1, 0.15) is 12.0 Å². The van der Waals surface area contributed by atoms with Crippen molar-refractivity contribution in [1.29, 1.82) is 0 Å². The smallest absolute Gasteiger partial charge is 0.284 e. The number of fused-ring (bicyclic) bond motifs is 1. The molecule has 1 saturated heterocycles. The van der Waals surface area contributed by atoms with Crippen molar-refractivity contribution in [1.82, 2.24) is 9.97 Å². The zero-order valence-electron chi connectivity index (χ0n) is 17.0. The fraction of sp³-hybridized carbons (Fsp3) is 0.174. The number of benzene rings is 2. The SMILES string of the molecule is O=C(Nc1ccc(N2CCOCC2)cc1)c1ccc(N2C(=O)c3cncnc3C2=O)cc1. The highest BCUT2D eigenvalue weighted by Gasteiger charge is 2.38. The van der Waals surface area contributed by atoms with Crippen molar-refractivity contribution in [2.24, 2.45) is 0 Å². The Bertz CT molecular complexity index is 1150. The molecule has 5 rings (SSSR count). The lowest BCUT2D eigenvalue weighted by Gasteiger charge is -2.28. The number of rotatable bonds is 4. The molecule has 2 aromatic carbocycles. The standard InChI is InChI=1S/C23H19N5O4/c29-21(26-16-3-7-17(8-4-16)27-9-11-32-12-10-27)15-1-5-18(6-2-15)28-22(30)19-13-24-14-25-20(19)23(28)31/h1-8,13-14H,9-12H2,(H,26,29). The van der Waals surface area contributed by atoms with Crippen LogP contribution in [-0.4, -0.2) is 54.0 Å². The number of carbonyl (C=O) groups is 3. The number of amides is 3. The van der Waals surface area contributed by atoms with Crippen molar-refractivity contribution in [3.63, 3.8) is 0 Å². The molecule has 1 aromatic heterocycles. The monoisotopic (exact) mass is 429 g/mol. The summed E-state index contributed by atoms with van der Waals surface area (Å²) in [5.41, 5.74) is 2.77. The van der Waals surface area contributed by atoms with Gasteiger partial charge in [-0.25, -0.2) is 14.9 Å². The summed E-state index contributed by atoms with van der Waals surface area (Å²) in [5, 5.41) is 2.86. The van der Waals surface area contributed by atoms with Crippen LogP contribution in [0.3, 0.4) is 0 Å². The van der Waals surface area contributed by atoms with E-state index in [1.807, 2.05) is 24.3 Å². The first kappa shape index (κ1) is 19.8. The second-order valence-corrected chi connectivity index (χ2v) is 7.38. The van der Waals surface area contributed by atoms with Crippen molar-refractivity contribution in [2.45, 2.75) is 0 Å². The highest BCUT2D eigenvalue weighted by atomic mass is 16.5. The van der Waals surface area contributed by atoms with Gasteiger partial charge < -0.3 is 15.0 Å². The van der Waals surface area contributed by atoms with Crippen LogP contribution in [0.25, 0.3) is 0 Å². The van der Waals surface area contributed by atoms with E-state index in [-0.39, 0.29) is 17.2 Å². The summed E-state index contributed by atoms with van der Waals surface area (Å²) >= 11 is 0. The molecule has 2 aliphatic rings. The Labute approximate surface area is 183 Å². The van der Waals surface area contributed by atoms with Gasteiger partial charge in [0.2, 0.25) is 0 Å². The number of hydrogen-bond donors (Lipinski definition) is 1. The molecule has 32 heavy (non-hydrogen) atoms. The molecule has 0 saturated carbocycles. The summed E-state index contributed by atoms with van der Waals surface area (Å²) in [6.45, 7) is 3.11. The van der Waals surface area contributed by atoms with Gasteiger partial charge in [-0.05, 0) is 48.5 Å². The molecule has 160 valence electrons. The maximum Gasteiger partial charge on any atom is 0.284 e. The minimum Gasteiger partial charge on any atom is -0.378 e. The van der Waals surface area contributed by atoms with Crippen LogP contribution in [0.1, 0.15) is 31.2 Å². The number of aromatic nitrogens is 2. The zero-order chi connectivity index (χ0) is 22.1. The van der Waals surface area contributed by atoms with Gasteiger partial charge >= 0.3 is 0 Å². The van der Waals surface area contributed by atoms with Crippen LogP contribution in [0.15, 0.2) is 61.1 Å². The van der Waals surface area contributed by atoms with E-state index in [2.05, 4.69) is 20.2 Å². The predicted octanol–water partition coefficient (Wildman–Crippen LogP) is 2.37. The number of morpholine rings is 1. The summed E-state index contributed by atoms with van der Waals surface area (Å²) in [6, 6.07) is 13.9. The molecule has 9 heteroatoms. The third kappa shape index (κ3) is 3.58. The van der Waals surface area contributed by atoms with E-state index in [1.165, 1.54) is 12.5 Å². The topological polar surface area (TPSA) is 105 Å². The van der Waals surface area contributed by atoms with Gasteiger partial charge in [0.05, 0.1) is 24.5 Å². The predicted molar refractivity (Wildman–Crippen MR) is 117 cm³/mol. The number of ether oxygens (including phenoxy) is 1. The van der Waals surface area contributed by atoms with E-state index < -0.39 is 11.8 Å². The molecule has 0 radical (unpaired) electrons. The summed E-state index contributed by atoms with van der Waals surface area (Å²) in [5.74, 6) is -1.28. The maximum absolute atomic E-state index is 12.6. The Hall–Kier alpha value is -4.11. The third-order valence-electron chi connectivity index (χ3n) is 5.44. The average molecular weight is 429 g/mol. The second-order valence-electron chi connectivity index (χ2n) is 7.38. The zero-order valence-corrected chi connectivity index (χ0v) is 17.0. The van der Waals surface area contributed by atoms with Gasteiger partial charge in [0.15, 0.2) is 0 Å². The number of hydrogen-bond acceptors (Lipinski definition) is 7. The molecule has 0 unspecified atom stereocenters. The van der Waals surface area contributed by atoms with E-state index in [4.69, 9.17) is 4.74 Å². The summed E-state index contributed by atoms with van der Waals surface area (Å²) in [6.07, 6.45) is 2.56. The number of nitrogens with one attached hydrogen (secondary N) is 1. The third-order valence-corrected chi connectivity index (χ3v) is 5.44. The first-order valence-electron chi connectivity index (χ1n) is 10.1. The molecule has 3 amide bonds. The summed E-state index contributed by atoms with van der Waals surface area (Å²) in [7, 11) is 0. The molecule has 1 fully saturated rings. The highest BCUT2D eigenvalue weighted by Crippen LogP contribution is 2.27. The molecule has 0 atom stereocenters. The van der Waals surface area contributed by atoms with Gasteiger partial charge in [0, 0.05) is 36.2 Å². The van der Waals surface area contributed by atoms with Crippen molar-refractivity contribution in [3.05, 3.63) is 77.9 Å². The van der Waals surface area contributed by atoms with Crippen LogP contribution in [-0.2, 0) is 4.74 Å². The molecular weight excluding hydrogens is 410 g/mol. The lowest BCUT2D eigenvalue weighted by Crippen LogP contribution is -2.36. The van der Waals surface area contributed by atoms with Crippen molar-refractivity contribution >= 4 is 34.8 Å². The molecular formula is C23H19N5O4. The van der Waals surface area contributed by atoms with Gasteiger partial charge in [0.25, 0.3) is 17.7 Å². The van der Waals surface area contributed by atoms with Crippen LogP contribution in [0, 0.1) is 0 Å². The number of imide groups is 1. The Kier molecular flexibility index (Phi) is 5.08.